The number of hydrogen-bond donors (Lipinski definition) is 1. The van der Waals surface area contributed by atoms with Gasteiger partial charge in [-0.1, -0.05) is 42.0 Å². The molecule has 4 heteroatoms. The van der Waals surface area contributed by atoms with Gasteiger partial charge in [0, 0.05) is 16.6 Å². The Kier molecular flexibility index (Phi) is 4.53. The molecule has 0 bridgehead atoms. The summed E-state index contributed by atoms with van der Waals surface area (Å²) in [5.41, 5.74) is 5.05. The summed E-state index contributed by atoms with van der Waals surface area (Å²) in [5, 5.41) is 6.03. The summed E-state index contributed by atoms with van der Waals surface area (Å²) >= 11 is 1.64. The molecule has 116 valence electrons. The number of nitrogens with one attached hydrogen (secondary N) is 1. The lowest BCUT2D eigenvalue weighted by Gasteiger charge is -2.06. The summed E-state index contributed by atoms with van der Waals surface area (Å²) in [6, 6.07) is 15.8. The number of carbonyl (C=O) groups is 1. The third-order valence-electron chi connectivity index (χ3n) is 3.57. The molecule has 1 amide bonds. The minimum Gasteiger partial charge on any atom is -0.326 e. The zero-order valence-corrected chi connectivity index (χ0v) is 14.0. The molecule has 1 N–H and O–H groups in total. The number of anilines is 1. The highest BCUT2D eigenvalue weighted by Gasteiger charge is 2.06. The van der Waals surface area contributed by atoms with Gasteiger partial charge in [-0.05, 0) is 31.5 Å². The van der Waals surface area contributed by atoms with Crippen molar-refractivity contribution in [2.75, 3.05) is 5.32 Å². The van der Waals surface area contributed by atoms with Crippen molar-refractivity contribution in [3.05, 3.63) is 70.0 Å². The Morgan fingerprint density at radius 1 is 1.04 bits per heavy atom. The maximum atomic E-state index is 12.1. The Morgan fingerprint density at radius 3 is 2.35 bits per heavy atom. The fourth-order valence-corrected chi connectivity index (χ4v) is 2.94. The van der Waals surface area contributed by atoms with Crippen LogP contribution in [0, 0.1) is 13.8 Å². The second-order valence-corrected chi connectivity index (χ2v) is 6.60. The molecule has 0 saturated heterocycles. The first-order valence-corrected chi connectivity index (χ1v) is 8.36. The van der Waals surface area contributed by atoms with Crippen LogP contribution in [0.3, 0.4) is 0 Å². The van der Waals surface area contributed by atoms with Crippen LogP contribution in [0.15, 0.2) is 53.9 Å². The molecule has 1 heterocycles. The van der Waals surface area contributed by atoms with E-state index in [4.69, 9.17) is 0 Å². The minimum absolute atomic E-state index is 0.00824. The van der Waals surface area contributed by atoms with Gasteiger partial charge in [0.15, 0.2) is 0 Å². The van der Waals surface area contributed by atoms with Gasteiger partial charge in [0.05, 0.1) is 17.1 Å². The number of thiazole rings is 1. The molecule has 0 aliphatic carbocycles. The highest BCUT2D eigenvalue weighted by atomic mass is 32.1. The first-order valence-electron chi connectivity index (χ1n) is 7.48. The number of amides is 1. The van der Waals surface area contributed by atoms with Crippen molar-refractivity contribution in [3.63, 3.8) is 0 Å². The minimum atomic E-state index is -0.00824. The van der Waals surface area contributed by atoms with Crippen molar-refractivity contribution in [1.82, 2.24) is 4.98 Å². The lowest BCUT2D eigenvalue weighted by atomic mass is 10.1. The SMILES string of the molecule is Cc1ccc(CC(=O)Nc2ccc(-c3csc(C)n3)cc2)cc1. The standard InChI is InChI=1S/C19H18N2OS/c1-13-3-5-15(6-4-13)11-19(22)21-17-9-7-16(8-10-17)18-12-23-14(2)20-18/h3-10,12H,11H2,1-2H3,(H,21,22). The summed E-state index contributed by atoms with van der Waals surface area (Å²) < 4.78 is 0. The van der Waals surface area contributed by atoms with Crippen LogP contribution in [-0.2, 0) is 11.2 Å². The molecule has 0 unspecified atom stereocenters. The highest BCUT2D eigenvalue weighted by Crippen LogP contribution is 2.23. The Labute approximate surface area is 140 Å². The summed E-state index contributed by atoms with van der Waals surface area (Å²) in [6.07, 6.45) is 0.382. The van der Waals surface area contributed by atoms with Crippen LogP contribution >= 0.6 is 11.3 Å². The molecular weight excluding hydrogens is 304 g/mol. The van der Waals surface area contributed by atoms with Gasteiger partial charge in [-0.3, -0.25) is 4.79 Å². The Bertz CT molecular complexity index is 804. The van der Waals surface area contributed by atoms with E-state index >= 15 is 0 Å². The number of rotatable bonds is 4. The van der Waals surface area contributed by atoms with Crippen molar-refractivity contribution in [2.24, 2.45) is 0 Å². The first-order chi connectivity index (χ1) is 11.1. The third kappa shape index (κ3) is 4.05. The van der Waals surface area contributed by atoms with Crippen LogP contribution in [-0.4, -0.2) is 10.9 Å². The molecule has 3 nitrogen and oxygen atoms in total. The molecule has 1 aromatic heterocycles. The van der Waals surface area contributed by atoms with E-state index in [1.54, 1.807) is 11.3 Å². The van der Waals surface area contributed by atoms with Gasteiger partial charge in [0.2, 0.25) is 5.91 Å². The Hall–Kier alpha value is -2.46. The number of nitrogens with zero attached hydrogens (tertiary/aromatic N) is 1. The summed E-state index contributed by atoms with van der Waals surface area (Å²) in [6.45, 7) is 4.03. The summed E-state index contributed by atoms with van der Waals surface area (Å²) in [7, 11) is 0. The molecule has 0 spiro atoms. The molecule has 3 rings (SSSR count). The molecule has 0 aliphatic rings. The molecule has 0 fully saturated rings. The quantitative estimate of drug-likeness (QED) is 0.762. The van der Waals surface area contributed by atoms with Crippen LogP contribution in [0.25, 0.3) is 11.3 Å². The van der Waals surface area contributed by atoms with Crippen molar-refractivity contribution in [2.45, 2.75) is 20.3 Å². The van der Waals surface area contributed by atoms with Crippen LogP contribution in [0.1, 0.15) is 16.1 Å². The predicted molar refractivity (Wildman–Crippen MR) is 95.8 cm³/mol. The molecule has 2 aromatic carbocycles. The van der Waals surface area contributed by atoms with E-state index in [9.17, 15) is 4.79 Å². The van der Waals surface area contributed by atoms with Gasteiger partial charge in [0.25, 0.3) is 0 Å². The van der Waals surface area contributed by atoms with E-state index in [-0.39, 0.29) is 5.91 Å². The summed E-state index contributed by atoms with van der Waals surface area (Å²) in [4.78, 5) is 16.6. The van der Waals surface area contributed by atoms with Crippen molar-refractivity contribution in [3.8, 4) is 11.3 Å². The van der Waals surface area contributed by atoms with Crippen LogP contribution in [0.5, 0.6) is 0 Å². The number of aryl methyl sites for hydroxylation is 2. The van der Waals surface area contributed by atoms with Crippen LogP contribution in [0.2, 0.25) is 0 Å². The first kappa shape index (κ1) is 15.4. The fourth-order valence-electron chi connectivity index (χ4n) is 2.32. The molecule has 0 aliphatic heterocycles. The van der Waals surface area contributed by atoms with Crippen molar-refractivity contribution in [1.29, 1.82) is 0 Å². The Balaban J connectivity index is 1.63. The van der Waals surface area contributed by atoms with E-state index < -0.39 is 0 Å². The highest BCUT2D eigenvalue weighted by molar-refractivity contribution is 7.09. The van der Waals surface area contributed by atoms with Gasteiger partial charge >= 0.3 is 0 Å². The average molecular weight is 322 g/mol. The number of hydrogen-bond acceptors (Lipinski definition) is 3. The van der Waals surface area contributed by atoms with Gasteiger partial charge in [0.1, 0.15) is 0 Å². The average Bonchev–Trinajstić information content (AvgIpc) is 2.97. The van der Waals surface area contributed by atoms with Gasteiger partial charge < -0.3 is 5.32 Å². The van der Waals surface area contributed by atoms with E-state index in [0.29, 0.717) is 6.42 Å². The van der Waals surface area contributed by atoms with E-state index in [2.05, 4.69) is 10.3 Å². The zero-order chi connectivity index (χ0) is 16.2. The molecule has 23 heavy (non-hydrogen) atoms. The van der Waals surface area contributed by atoms with E-state index in [0.717, 1.165) is 27.5 Å². The second kappa shape index (κ2) is 6.75. The molecule has 0 atom stereocenters. The van der Waals surface area contributed by atoms with Crippen LogP contribution < -0.4 is 5.32 Å². The monoisotopic (exact) mass is 322 g/mol. The lowest BCUT2D eigenvalue weighted by molar-refractivity contribution is -0.115. The van der Waals surface area contributed by atoms with Crippen LogP contribution in [0.4, 0.5) is 5.69 Å². The molecule has 0 saturated carbocycles. The molecular formula is C19H18N2OS. The largest absolute Gasteiger partial charge is 0.326 e. The van der Waals surface area contributed by atoms with Gasteiger partial charge in [-0.2, -0.15) is 0 Å². The second-order valence-electron chi connectivity index (χ2n) is 5.54. The van der Waals surface area contributed by atoms with E-state index in [1.807, 2.05) is 67.8 Å². The lowest BCUT2D eigenvalue weighted by Crippen LogP contribution is -2.14. The maximum Gasteiger partial charge on any atom is 0.228 e. The zero-order valence-electron chi connectivity index (χ0n) is 13.2. The fraction of sp³-hybridized carbons (Fsp3) is 0.158. The normalized spacial score (nSPS) is 10.5. The molecule has 3 aromatic rings. The number of benzene rings is 2. The van der Waals surface area contributed by atoms with Crippen molar-refractivity contribution < 1.29 is 4.79 Å². The van der Waals surface area contributed by atoms with E-state index in [1.165, 1.54) is 5.56 Å². The predicted octanol–water partition coefficient (Wildman–Crippen LogP) is 4.61. The molecule has 0 radical (unpaired) electrons. The Morgan fingerprint density at radius 2 is 1.74 bits per heavy atom. The number of aromatic nitrogens is 1. The number of carbonyl (C=O) groups excluding carboxylic acids is 1. The van der Waals surface area contributed by atoms with Crippen molar-refractivity contribution >= 4 is 22.9 Å². The van der Waals surface area contributed by atoms with Gasteiger partial charge in [-0.15, -0.1) is 11.3 Å². The topological polar surface area (TPSA) is 42.0 Å². The third-order valence-corrected chi connectivity index (χ3v) is 4.34. The summed E-state index contributed by atoms with van der Waals surface area (Å²) in [5.74, 6) is -0.00824. The van der Waals surface area contributed by atoms with Gasteiger partial charge in [-0.25, -0.2) is 4.98 Å². The smallest absolute Gasteiger partial charge is 0.228 e. The maximum absolute atomic E-state index is 12.1.